The van der Waals surface area contributed by atoms with Gasteiger partial charge in [0.25, 0.3) is 0 Å². The number of aromatic nitrogens is 2. The van der Waals surface area contributed by atoms with Crippen LogP contribution in [0.1, 0.15) is 43.6 Å². The van der Waals surface area contributed by atoms with Gasteiger partial charge in [-0.3, -0.25) is 9.48 Å². The molecule has 1 aromatic rings. The Balaban J connectivity index is 2.17. The standard InChI is InChI=1S/C14H23N3O2/c1-5-19-13(18)14(15-4)7-6-12(9-14)17-11(3)8-10(2)16-17/h8,12,15H,5-7,9H2,1-4H3. The fourth-order valence-electron chi connectivity index (χ4n) is 3.03. The molecule has 2 unspecified atom stereocenters. The summed E-state index contributed by atoms with van der Waals surface area (Å²) in [6.07, 6.45) is 2.48. The van der Waals surface area contributed by atoms with E-state index in [0.717, 1.165) is 30.7 Å². The first kappa shape index (κ1) is 14.1. The molecule has 1 saturated carbocycles. The molecule has 0 amide bonds. The normalized spacial score (nSPS) is 26.6. The maximum absolute atomic E-state index is 12.2. The first-order chi connectivity index (χ1) is 9.02. The molecule has 0 aromatic carbocycles. The molecule has 2 atom stereocenters. The van der Waals surface area contributed by atoms with E-state index in [1.165, 1.54) is 0 Å². The van der Waals surface area contributed by atoms with Crippen LogP contribution in [0.4, 0.5) is 0 Å². The second-order valence-corrected chi connectivity index (χ2v) is 5.32. The lowest BCUT2D eigenvalue weighted by atomic mass is 9.98. The highest BCUT2D eigenvalue weighted by molar-refractivity contribution is 5.81. The molecule has 1 aliphatic carbocycles. The van der Waals surface area contributed by atoms with Gasteiger partial charge in [-0.25, -0.2) is 0 Å². The summed E-state index contributed by atoms with van der Waals surface area (Å²) in [4.78, 5) is 12.2. The number of hydrogen-bond donors (Lipinski definition) is 1. The summed E-state index contributed by atoms with van der Waals surface area (Å²) in [5, 5.41) is 7.71. The lowest BCUT2D eigenvalue weighted by Gasteiger charge is -2.26. The van der Waals surface area contributed by atoms with Crippen LogP contribution in [-0.4, -0.2) is 34.9 Å². The van der Waals surface area contributed by atoms with Gasteiger partial charge in [0.15, 0.2) is 0 Å². The van der Waals surface area contributed by atoms with Gasteiger partial charge in [-0.2, -0.15) is 5.10 Å². The number of likely N-dealkylation sites (N-methyl/N-ethyl adjacent to an activating group) is 1. The van der Waals surface area contributed by atoms with Crippen LogP contribution in [-0.2, 0) is 9.53 Å². The molecular weight excluding hydrogens is 242 g/mol. The summed E-state index contributed by atoms with van der Waals surface area (Å²) < 4.78 is 7.26. The van der Waals surface area contributed by atoms with E-state index < -0.39 is 5.54 Å². The highest BCUT2D eigenvalue weighted by atomic mass is 16.5. The molecule has 1 aromatic heterocycles. The SMILES string of the molecule is CCOC(=O)C1(NC)CCC(n2nc(C)cc2C)C1. The Hall–Kier alpha value is -1.36. The van der Waals surface area contributed by atoms with Crippen LogP contribution in [0.15, 0.2) is 6.07 Å². The van der Waals surface area contributed by atoms with E-state index in [9.17, 15) is 4.79 Å². The Morgan fingerprint density at radius 1 is 1.63 bits per heavy atom. The van der Waals surface area contributed by atoms with Crippen LogP contribution in [0.25, 0.3) is 0 Å². The van der Waals surface area contributed by atoms with E-state index in [1.54, 1.807) is 0 Å². The second-order valence-electron chi connectivity index (χ2n) is 5.32. The van der Waals surface area contributed by atoms with Gasteiger partial charge in [-0.1, -0.05) is 0 Å². The Bertz CT molecular complexity index is 469. The average Bonchev–Trinajstić information content (AvgIpc) is 2.94. The zero-order chi connectivity index (χ0) is 14.0. The number of aryl methyl sites for hydroxylation is 2. The topological polar surface area (TPSA) is 56.1 Å². The minimum absolute atomic E-state index is 0.137. The lowest BCUT2D eigenvalue weighted by Crippen LogP contribution is -2.49. The number of esters is 1. The Morgan fingerprint density at radius 2 is 2.37 bits per heavy atom. The zero-order valence-electron chi connectivity index (χ0n) is 12.2. The van der Waals surface area contributed by atoms with Gasteiger partial charge in [0.2, 0.25) is 0 Å². The molecule has 1 aliphatic rings. The maximum Gasteiger partial charge on any atom is 0.326 e. The van der Waals surface area contributed by atoms with Crippen molar-refractivity contribution in [3.8, 4) is 0 Å². The van der Waals surface area contributed by atoms with Gasteiger partial charge in [0.1, 0.15) is 5.54 Å². The van der Waals surface area contributed by atoms with Crippen molar-refractivity contribution in [2.75, 3.05) is 13.7 Å². The molecule has 106 valence electrons. The fourth-order valence-corrected chi connectivity index (χ4v) is 3.03. The van der Waals surface area contributed by atoms with E-state index in [1.807, 2.05) is 25.6 Å². The van der Waals surface area contributed by atoms with Crippen molar-refractivity contribution in [1.29, 1.82) is 0 Å². The molecule has 1 N–H and O–H groups in total. The number of ether oxygens (including phenoxy) is 1. The quantitative estimate of drug-likeness (QED) is 0.843. The van der Waals surface area contributed by atoms with Crippen LogP contribution in [0.2, 0.25) is 0 Å². The third-order valence-corrected chi connectivity index (χ3v) is 4.02. The minimum atomic E-state index is -0.549. The second kappa shape index (κ2) is 5.33. The van der Waals surface area contributed by atoms with Crippen LogP contribution < -0.4 is 5.32 Å². The molecule has 19 heavy (non-hydrogen) atoms. The number of rotatable bonds is 4. The van der Waals surface area contributed by atoms with Crippen LogP contribution in [0.3, 0.4) is 0 Å². The predicted molar refractivity (Wildman–Crippen MR) is 73.0 cm³/mol. The molecule has 5 heteroatoms. The van der Waals surface area contributed by atoms with E-state index in [-0.39, 0.29) is 12.0 Å². The maximum atomic E-state index is 12.2. The van der Waals surface area contributed by atoms with Crippen molar-refractivity contribution >= 4 is 5.97 Å². The van der Waals surface area contributed by atoms with Crippen LogP contribution in [0.5, 0.6) is 0 Å². The summed E-state index contributed by atoms with van der Waals surface area (Å²) in [6, 6.07) is 2.34. The number of nitrogens with zero attached hydrogens (tertiary/aromatic N) is 2. The minimum Gasteiger partial charge on any atom is -0.465 e. The van der Waals surface area contributed by atoms with Crippen molar-refractivity contribution in [3.63, 3.8) is 0 Å². The molecule has 1 heterocycles. The van der Waals surface area contributed by atoms with Gasteiger partial charge < -0.3 is 10.1 Å². The van der Waals surface area contributed by atoms with E-state index in [4.69, 9.17) is 4.74 Å². The van der Waals surface area contributed by atoms with Gasteiger partial charge in [-0.15, -0.1) is 0 Å². The first-order valence-corrected chi connectivity index (χ1v) is 6.91. The van der Waals surface area contributed by atoms with Gasteiger partial charge >= 0.3 is 5.97 Å². The molecule has 0 radical (unpaired) electrons. The zero-order valence-corrected chi connectivity index (χ0v) is 12.2. The van der Waals surface area contributed by atoms with Crippen molar-refractivity contribution in [2.45, 2.75) is 51.6 Å². The van der Waals surface area contributed by atoms with Gasteiger partial charge in [0, 0.05) is 5.69 Å². The summed E-state index contributed by atoms with van der Waals surface area (Å²) in [7, 11) is 1.83. The monoisotopic (exact) mass is 265 g/mol. The highest BCUT2D eigenvalue weighted by Gasteiger charge is 2.46. The average molecular weight is 265 g/mol. The summed E-state index contributed by atoms with van der Waals surface area (Å²) in [5.74, 6) is -0.137. The Morgan fingerprint density at radius 3 is 2.89 bits per heavy atom. The van der Waals surface area contributed by atoms with Crippen molar-refractivity contribution in [1.82, 2.24) is 15.1 Å². The summed E-state index contributed by atoms with van der Waals surface area (Å²) in [5.41, 5.74) is 1.63. The highest BCUT2D eigenvalue weighted by Crippen LogP contribution is 2.38. The smallest absolute Gasteiger partial charge is 0.326 e. The number of hydrogen-bond acceptors (Lipinski definition) is 4. The summed E-state index contributed by atoms with van der Waals surface area (Å²) in [6.45, 7) is 6.32. The third-order valence-electron chi connectivity index (χ3n) is 4.02. The molecule has 1 fully saturated rings. The fraction of sp³-hybridized carbons (Fsp3) is 0.714. The van der Waals surface area contributed by atoms with Crippen LogP contribution >= 0.6 is 0 Å². The van der Waals surface area contributed by atoms with Crippen molar-refractivity contribution in [2.24, 2.45) is 0 Å². The Labute approximate surface area is 114 Å². The molecule has 0 aliphatic heterocycles. The molecular formula is C14H23N3O2. The molecule has 2 rings (SSSR count). The first-order valence-electron chi connectivity index (χ1n) is 6.91. The number of carbonyl (C=O) groups is 1. The van der Waals surface area contributed by atoms with E-state index in [0.29, 0.717) is 6.61 Å². The van der Waals surface area contributed by atoms with Gasteiger partial charge in [-0.05, 0) is 53.1 Å². The van der Waals surface area contributed by atoms with Crippen LogP contribution in [0, 0.1) is 13.8 Å². The Kier molecular flexibility index (Phi) is 3.94. The van der Waals surface area contributed by atoms with E-state index in [2.05, 4.69) is 23.4 Å². The molecule has 0 bridgehead atoms. The number of carbonyl (C=O) groups excluding carboxylic acids is 1. The molecule has 5 nitrogen and oxygen atoms in total. The lowest BCUT2D eigenvalue weighted by molar-refractivity contribution is -0.150. The predicted octanol–water partition coefficient (Wildman–Crippen LogP) is 1.75. The van der Waals surface area contributed by atoms with E-state index >= 15 is 0 Å². The van der Waals surface area contributed by atoms with Crippen molar-refractivity contribution < 1.29 is 9.53 Å². The van der Waals surface area contributed by atoms with Crippen molar-refractivity contribution in [3.05, 3.63) is 17.5 Å². The largest absolute Gasteiger partial charge is 0.465 e. The molecule has 0 saturated heterocycles. The third kappa shape index (κ3) is 2.52. The van der Waals surface area contributed by atoms with Gasteiger partial charge in [0.05, 0.1) is 18.3 Å². The summed E-state index contributed by atoms with van der Waals surface area (Å²) >= 11 is 0. The number of nitrogens with one attached hydrogen (secondary N) is 1. The molecule has 0 spiro atoms.